The van der Waals surface area contributed by atoms with E-state index in [9.17, 15) is 4.79 Å². The van der Waals surface area contributed by atoms with Gasteiger partial charge in [0.25, 0.3) is 0 Å². The van der Waals surface area contributed by atoms with E-state index in [4.69, 9.17) is 0 Å². The quantitative estimate of drug-likeness (QED) is 0.881. The first-order chi connectivity index (χ1) is 8.99. The molecule has 0 bridgehead atoms. The Kier molecular flexibility index (Phi) is 3.98. The Bertz CT molecular complexity index is 466. The number of benzene rings is 1. The zero-order chi connectivity index (χ0) is 14.0. The van der Waals surface area contributed by atoms with Crippen LogP contribution in [0, 0.1) is 6.92 Å². The van der Waals surface area contributed by atoms with Crippen molar-refractivity contribution in [2.24, 2.45) is 0 Å². The van der Waals surface area contributed by atoms with E-state index >= 15 is 0 Å². The topological polar surface area (TPSA) is 35.6 Å². The molecule has 1 saturated carbocycles. The van der Waals surface area contributed by atoms with Crippen molar-refractivity contribution in [2.45, 2.75) is 25.8 Å². The lowest BCUT2D eigenvalue weighted by Crippen LogP contribution is -2.33. The van der Waals surface area contributed by atoms with Crippen molar-refractivity contribution in [3.8, 4) is 0 Å². The Morgan fingerprint density at radius 3 is 2.58 bits per heavy atom. The molecule has 0 atom stereocenters. The Labute approximate surface area is 115 Å². The lowest BCUT2D eigenvalue weighted by molar-refractivity contribution is -0.128. The number of carbonyl (C=O) groups excluding carboxylic acids is 1. The highest BCUT2D eigenvalue weighted by molar-refractivity contribution is 5.81. The van der Waals surface area contributed by atoms with E-state index in [0.717, 1.165) is 18.5 Å². The molecule has 1 aliphatic carbocycles. The van der Waals surface area contributed by atoms with Crippen molar-refractivity contribution in [1.29, 1.82) is 0 Å². The summed E-state index contributed by atoms with van der Waals surface area (Å²) in [6.45, 7) is 2.45. The molecule has 104 valence electrons. The summed E-state index contributed by atoms with van der Waals surface area (Å²) in [6.07, 6.45) is 2.30. The van der Waals surface area contributed by atoms with Gasteiger partial charge in [-0.25, -0.2) is 0 Å². The number of rotatable bonds is 5. The van der Waals surface area contributed by atoms with E-state index in [1.165, 1.54) is 11.3 Å². The smallest absolute Gasteiger partial charge is 0.241 e. The van der Waals surface area contributed by atoms with Gasteiger partial charge in [0.1, 0.15) is 0 Å². The largest absolute Gasteiger partial charge is 0.377 e. The van der Waals surface area contributed by atoms with Crippen LogP contribution in [0.15, 0.2) is 18.2 Å². The number of hydrogen-bond donors (Lipinski definition) is 1. The molecule has 2 rings (SSSR count). The first-order valence-electron chi connectivity index (χ1n) is 6.76. The molecule has 0 saturated heterocycles. The van der Waals surface area contributed by atoms with Crippen molar-refractivity contribution in [3.05, 3.63) is 23.8 Å². The molecule has 4 heteroatoms. The second-order valence-corrected chi connectivity index (χ2v) is 5.49. The van der Waals surface area contributed by atoms with Crippen LogP contribution in [0.4, 0.5) is 11.4 Å². The number of nitrogens with one attached hydrogen (secondary N) is 1. The molecule has 1 fully saturated rings. The summed E-state index contributed by atoms with van der Waals surface area (Å²) in [5.41, 5.74) is 3.40. The summed E-state index contributed by atoms with van der Waals surface area (Å²) < 4.78 is 0. The highest BCUT2D eigenvalue weighted by Gasteiger charge is 2.29. The normalized spacial score (nSPS) is 14.1. The molecule has 0 spiro atoms. The Hall–Kier alpha value is -1.71. The van der Waals surface area contributed by atoms with Gasteiger partial charge in [-0.2, -0.15) is 0 Å². The van der Waals surface area contributed by atoms with Gasteiger partial charge in [-0.1, -0.05) is 6.07 Å². The van der Waals surface area contributed by atoms with Crippen molar-refractivity contribution >= 4 is 17.3 Å². The Morgan fingerprint density at radius 1 is 1.32 bits per heavy atom. The molecule has 1 N–H and O–H groups in total. The zero-order valence-corrected chi connectivity index (χ0v) is 12.2. The highest BCUT2D eigenvalue weighted by atomic mass is 16.2. The minimum Gasteiger partial charge on any atom is -0.377 e. The second kappa shape index (κ2) is 5.51. The van der Waals surface area contributed by atoms with Gasteiger partial charge in [0.15, 0.2) is 0 Å². The lowest BCUT2D eigenvalue weighted by atomic mass is 10.1. The summed E-state index contributed by atoms with van der Waals surface area (Å²) >= 11 is 0. The van der Waals surface area contributed by atoms with E-state index in [-0.39, 0.29) is 5.91 Å². The maximum Gasteiger partial charge on any atom is 0.241 e. The average molecular weight is 261 g/mol. The standard InChI is InChI=1S/C15H23N3O/c1-11-5-6-12(9-14(11)17(2)3)16-10-15(19)18(4)13-7-8-13/h5-6,9,13,16H,7-8,10H2,1-4H3. The van der Waals surface area contributed by atoms with E-state index in [1.54, 1.807) is 0 Å². The predicted molar refractivity (Wildman–Crippen MR) is 79.8 cm³/mol. The van der Waals surface area contributed by atoms with E-state index < -0.39 is 0 Å². The minimum atomic E-state index is 0.162. The van der Waals surface area contributed by atoms with Crippen molar-refractivity contribution in [2.75, 3.05) is 37.9 Å². The predicted octanol–water partition coefficient (Wildman–Crippen LogP) is 2.09. The first-order valence-corrected chi connectivity index (χ1v) is 6.76. The number of hydrogen-bond acceptors (Lipinski definition) is 3. The van der Waals surface area contributed by atoms with Crippen LogP contribution in [-0.4, -0.2) is 44.5 Å². The fourth-order valence-corrected chi connectivity index (χ4v) is 2.17. The molecule has 4 nitrogen and oxygen atoms in total. The molecule has 1 amide bonds. The number of aryl methyl sites for hydroxylation is 1. The van der Waals surface area contributed by atoms with Crippen molar-refractivity contribution in [3.63, 3.8) is 0 Å². The number of likely N-dealkylation sites (N-methyl/N-ethyl adjacent to an activating group) is 1. The number of anilines is 2. The van der Waals surface area contributed by atoms with Gasteiger partial charge in [-0.15, -0.1) is 0 Å². The third kappa shape index (κ3) is 3.40. The third-order valence-corrected chi connectivity index (χ3v) is 3.62. The molecule has 0 aliphatic heterocycles. The average Bonchev–Trinajstić information content (AvgIpc) is 3.20. The monoisotopic (exact) mass is 261 g/mol. The Balaban J connectivity index is 1.95. The summed E-state index contributed by atoms with van der Waals surface area (Å²) in [5, 5.41) is 3.21. The van der Waals surface area contributed by atoms with Crippen LogP contribution < -0.4 is 10.2 Å². The maximum absolute atomic E-state index is 11.9. The van der Waals surface area contributed by atoms with Crippen LogP contribution in [0.5, 0.6) is 0 Å². The van der Waals surface area contributed by atoms with Crippen LogP contribution >= 0.6 is 0 Å². The lowest BCUT2D eigenvalue weighted by Gasteiger charge is -2.19. The van der Waals surface area contributed by atoms with Gasteiger partial charge >= 0.3 is 0 Å². The van der Waals surface area contributed by atoms with Gasteiger partial charge in [0, 0.05) is 38.6 Å². The van der Waals surface area contributed by atoms with Crippen LogP contribution in [0.2, 0.25) is 0 Å². The number of amides is 1. The fourth-order valence-electron chi connectivity index (χ4n) is 2.17. The van der Waals surface area contributed by atoms with Crippen LogP contribution in [0.1, 0.15) is 18.4 Å². The van der Waals surface area contributed by atoms with E-state index in [2.05, 4.69) is 29.3 Å². The molecular weight excluding hydrogens is 238 g/mol. The molecule has 1 aromatic carbocycles. The van der Waals surface area contributed by atoms with Gasteiger partial charge < -0.3 is 15.1 Å². The van der Waals surface area contributed by atoms with Gasteiger partial charge in [-0.05, 0) is 37.5 Å². The molecule has 1 aliphatic rings. The first kappa shape index (κ1) is 13.7. The molecule has 0 aromatic heterocycles. The van der Waals surface area contributed by atoms with Crippen LogP contribution in [-0.2, 0) is 4.79 Å². The molecule has 0 radical (unpaired) electrons. The SMILES string of the molecule is Cc1ccc(NCC(=O)N(C)C2CC2)cc1N(C)C. The van der Waals surface area contributed by atoms with Crippen LogP contribution in [0.25, 0.3) is 0 Å². The number of carbonyl (C=O) groups is 1. The molecule has 0 unspecified atom stereocenters. The van der Waals surface area contributed by atoms with E-state index in [0.29, 0.717) is 12.6 Å². The molecular formula is C15H23N3O. The van der Waals surface area contributed by atoms with Gasteiger partial charge in [0.2, 0.25) is 5.91 Å². The summed E-state index contributed by atoms with van der Waals surface area (Å²) in [4.78, 5) is 15.9. The summed E-state index contributed by atoms with van der Waals surface area (Å²) in [6, 6.07) is 6.66. The summed E-state index contributed by atoms with van der Waals surface area (Å²) in [5.74, 6) is 0.162. The van der Waals surface area contributed by atoms with Crippen molar-refractivity contribution in [1.82, 2.24) is 4.90 Å². The van der Waals surface area contributed by atoms with Gasteiger partial charge in [-0.3, -0.25) is 4.79 Å². The highest BCUT2D eigenvalue weighted by Crippen LogP contribution is 2.25. The van der Waals surface area contributed by atoms with Crippen LogP contribution in [0.3, 0.4) is 0 Å². The zero-order valence-electron chi connectivity index (χ0n) is 12.2. The third-order valence-electron chi connectivity index (χ3n) is 3.62. The maximum atomic E-state index is 11.9. The Morgan fingerprint density at radius 2 is 2.00 bits per heavy atom. The van der Waals surface area contributed by atoms with Crippen molar-refractivity contribution < 1.29 is 4.79 Å². The minimum absolute atomic E-state index is 0.162. The molecule has 1 aromatic rings. The molecule has 0 heterocycles. The fraction of sp³-hybridized carbons (Fsp3) is 0.533. The molecule has 19 heavy (non-hydrogen) atoms. The summed E-state index contributed by atoms with van der Waals surface area (Å²) in [7, 11) is 5.94. The second-order valence-electron chi connectivity index (χ2n) is 5.49. The van der Waals surface area contributed by atoms with Gasteiger partial charge in [0.05, 0.1) is 6.54 Å². The van der Waals surface area contributed by atoms with E-state index in [1.807, 2.05) is 32.1 Å². The number of nitrogens with zero attached hydrogens (tertiary/aromatic N) is 2.